The van der Waals surface area contributed by atoms with Crippen LogP contribution < -0.4 is 4.31 Å². The first-order chi connectivity index (χ1) is 9.91. The summed E-state index contributed by atoms with van der Waals surface area (Å²) in [7, 11) is -3.69. The molecule has 1 N–H and O–H groups in total. The SMILES string of the molecule is Cc1ccc(S(=O)(=O)N(CC(C)O)c2ccccc2)cc1. The minimum atomic E-state index is -3.69. The summed E-state index contributed by atoms with van der Waals surface area (Å²) in [5.74, 6) is 0. The molecule has 5 heteroatoms. The Bertz CT molecular complexity index is 679. The van der Waals surface area contributed by atoms with E-state index in [1.54, 1.807) is 55.5 Å². The van der Waals surface area contributed by atoms with E-state index in [0.717, 1.165) is 5.56 Å². The van der Waals surface area contributed by atoms with Crippen molar-refractivity contribution in [2.75, 3.05) is 10.8 Å². The van der Waals surface area contributed by atoms with Crippen LogP contribution in [0, 0.1) is 6.92 Å². The van der Waals surface area contributed by atoms with Crippen LogP contribution >= 0.6 is 0 Å². The Balaban J connectivity index is 2.47. The molecule has 4 nitrogen and oxygen atoms in total. The Morgan fingerprint density at radius 2 is 1.62 bits per heavy atom. The second-order valence-corrected chi connectivity index (χ2v) is 6.90. The second-order valence-electron chi connectivity index (χ2n) is 5.03. The smallest absolute Gasteiger partial charge is 0.264 e. The van der Waals surface area contributed by atoms with Gasteiger partial charge in [0.25, 0.3) is 10.0 Å². The minimum absolute atomic E-state index is 0.0141. The van der Waals surface area contributed by atoms with Crippen LogP contribution in [0.1, 0.15) is 12.5 Å². The summed E-state index contributed by atoms with van der Waals surface area (Å²) in [5.41, 5.74) is 1.54. The van der Waals surface area contributed by atoms with E-state index in [4.69, 9.17) is 0 Å². The van der Waals surface area contributed by atoms with Crippen LogP contribution in [0.25, 0.3) is 0 Å². The molecular formula is C16H19NO3S. The molecule has 2 aromatic carbocycles. The topological polar surface area (TPSA) is 57.6 Å². The molecule has 0 heterocycles. The molecule has 0 amide bonds. The van der Waals surface area contributed by atoms with Gasteiger partial charge in [0.05, 0.1) is 23.2 Å². The van der Waals surface area contributed by atoms with Gasteiger partial charge in [0.15, 0.2) is 0 Å². The Morgan fingerprint density at radius 1 is 1.05 bits per heavy atom. The monoisotopic (exact) mass is 305 g/mol. The highest BCUT2D eigenvalue weighted by molar-refractivity contribution is 7.92. The van der Waals surface area contributed by atoms with E-state index in [2.05, 4.69) is 0 Å². The highest BCUT2D eigenvalue weighted by Crippen LogP contribution is 2.24. The molecule has 1 atom stereocenters. The Hall–Kier alpha value is -1.85. The summed E-state index contributed by atoms with van der Waals surface area (Å²) in [5, 5.41) is 9.63. The summed E-state index contributed by atoms with van der Waals surface area (Å²) in [6.45, 7) is 3.49. The van der Waals surface area contributed by atoms with Gasteiger partial charge in [-0.2, -0.15) is 0 Å². The molecule has 0 aromatic heterocycles. The van der Waals surface area contributed by atoms with Gasteiger partial charge in [0, 0.05) is 0 Å². The average Bonchev–Trinajstić information content (AvgIpc) is 2.46. The minimum Gasteiger partial charge on any atom is -0.392 e. The lowest BCUT2D eigenvalue weighted by Crippen LogP contribution is -2.36. The third-order valence-corrected chi connectivity index (χ3v) is 4.89. The van der Waals surface area contributed by atoms with E-state index in [1.165, 1.54) is 4.31 Å². The standard InChI is InChI=1S/C16H19NO3S/c1-13-8-10-16(11-9-13)21(19,20)17(12-14(2)18)15-6-4-3-5-7-15/h3-11,14,18H,12H2,1-2H3. The van der Waals surface area contributed by atoms with Crippen LogP contribution in [0.3, 0.4) is 0 Å². The number of nitrogens with zero attached hydrogens (tertiary/aromatic N) is 1. The van der Waals surface area contributed by atoms with Crippen LogP contribution in [0.5, 0.6) is 0 Å². The number of rotatable bonds is 5. The number of aryl methyl sites for hydroxylation is 1. The number of benzene rings is 2. The fourth-order valence-electron chi connectivity index (χ4n) is 2.01. The molecule has 0 bridgehead atoms. The van der Waals surface area contributed by atoms with Gasteiger partial charge in [0.1, 0.15) is 0 Å². The third-order valence-electron chi connectivity index (χ3n) is 3.08. The molecule has 2 aromatic rings. The van der Waals surface area contributed by atoms with E-state index in [-0.39, 0.29) is 11.4 Å². The largest absolute Gasteiger partial charge is 0.392 e. The number of para-hydroxylation sites is 1. The van der Waals surface area contributed by atoms with Gasteiger partial charge in [-0.25, -0.2) is 8.42 Å². The van der Waals surface area contributed by atoms with E-state index in [0.29, 0.717) is 5.69 Å². The van der Waals surface area contributed by atoms with Gasteiger partial charge in [-0.1, -0.05) is 35.9 Å². The van der Waals surface area contributed by atoms with Crippen LogP contribution in [0.4, 0.5) is 5.69 Å². The number of aliphatic hydroxyl groups is 1. The Labute approximate surface area is 125 Å². The van der Waals surface area contributed by atoms with Crippen molar-refractivity contribution in [2.24, 2.45) is 0 Å². The summed E-state index contributed by atoms with van der Waals surface area (Å²) >= 11 is 0. The summed E-state index contributed by atoms with van der Waals surface area (Å²) in [6.07, 6.45) is -0.759. The number of hydrogen-bond acceptors (Lipinski definition) is 3. The van der Waals surface area contributed by atoms with Crippen LogP contribution in [-0.4, -0.2) is 26.2 Å². The molecule has 0 aliphatic rings. The number of hydrogen-bond donors (Lipinski definition) is 1. The predicted octanol–water partition coefficient (Wildman–Crippen LogP) is 2.57. The summed E-state index contributed by atoms with van der Waals surface area (Å²) in [4.78, 5) is 0.220. The lowest BCUT2D eigenvalue weighted by molar-refractivity contribution is 0.204. The van der Waals surface area contributed by atoms with E-state index in [1.807, 2.05) is 13.0 Å². The van der Waals surface area contributed by atoms with E-state index >= 15 is 0 Å². The van der Waals surface area contributed by atoms with Crippen molar-refractivity contribution in [3.63, 3.8) is 0 Å². The van der Waals surface area contributed by atoms with Gasteiger partial charge in [-0.15, -0.1) is 0 Å². The maximum atomic E-state index is 12.8. The van der Waals surface area contributed by atoms with E-state index in [9.17, 15) is 13.5 Å². The Morgan fingerprint density at radius 3 is 2.14 bits per heavy atom. The lowest BCUT2D eigenvalue weighted by atomic mass is 10.2. The first kappa shape index (κ1) is 15.5. The normalized spacial score (nSPS) is 12.9. The molecule has 0 spiro atoms. The van der Waals surface area contributed by atoms with Gasteiger partial charge in [-0.05, 0) is 38.1 Å². The van der Waals surface area contributed by atoms with Gasteiger partial charge < -0.3 is 5.11 Å². The highest BCUT2D eigenvalue weighted by Gasteiger charge is 2.25. The van der Waals surface area contributed by atoms with Crippen molar-refractivity contribution < 1.29 is 13.5 Å². The summed E-state index contributed by atoms with van der Waals surface area (Å²) in [6, 6.07) is 15.5. The molecule has 0 aliphatic carbocycles. The first-order valence-corrected chi connectivity index (χ1v) is 8.18. The molecule has 0 saturated heterocycles. The zero-order chi connectivity index (χ0) is 15.5. The van der Waals surface area contributed by atoms with Crippen molar-refractivity contribution in [3.8, 4) is 0 Å². The van der Waals surface area contributed by atoms with Gasteiger partial charge >= 0.3 is 0 Å². The maximum Gasteiger partial charge on any atom is 0.264 e. The predicted molar refractivity (Wildman–Crippen MR) is 83.8 cm³/mol. The molecule has 112 valence electrons. The number of anilines is 1. The summed E-state index contributed by atoms with van der Waals surface area (Å²) < 4.78 is 26.8. The first-order valence-electron chi connectivity index (χ1n) is 6.74. The average molecular weight is 305 g/mol. The third kappa shape index (κ3) is 3.62. The van der Waals surface area contributed by atoms with E-state index < -0.39 is 16.1 Å². The molecule has 21 heavy (non-hydrogen) atoms. The van der Waals surface area contributed by atoms with Crippen molar-refractivity contribution in [3.05, 3.63) is 60.2 Å². The molecular weight excluding hydrogens is 286 g/mol. The molecule has 1 unspecified atom stereocenters. The van der Waals surface area contributed by atoms with Crippen LogP contribution in [0.2, 0.25) is 0 Å². The zero-order valence-corrected chi connectivity index (χ0v) is 12.9. The van der Waals surface area contributed by atoms with Gasteiger partial charge in [0.2, 0.25) is 0 Å². The second kappa shape index (κ2) is 6.28. The molecule has 0 saturated carbocycles. The fourth-order valence-corrected chi connectivity index (χ4v) is 3.56. The molecule has 0 aliphatic heterocycles. The van der Waals surface area contributed by atoms with Crippen molar-refractivity contribution in [2.45, 2.75) is 24.8 Å². The zero-order valence-electron chi connectivity index (χ0n) is 12.1. The molecule has 2 rings (SSSR count). The maximum absolute atomic E-state index is 12.8. The van der Waals surface area contributed by atoms with Crippen molar-refractivity contribution in [1.29, 1.82) is 0 Å². The number of sulfonamides is 1. The van der Waals surface area contributed by atoms with Gasteiger partial charge in [-0.3, -0.25) is 4.31 Å². The fraction of sp³-hybridized carbons (Fsp3) is 0.250. The Kier molecular flexibility index (Phi) is 4.65. The number of aliphatic hydroxyl groups excluding tert-OH is 1. The van der Waals surface area contributed by atoms with Crippen LogP contribution in [-0.2, 0) is 10.0 Å². The molecule has 0 radical (unpaired) electrons. The molecule has 0 fully saturated rings. The lowest BCUT2D eigenvalue weighted by Gasteiger charge is -2.25. The van der Waals surface area contributed by atoms with Crippen molar-refractivity contribution in [1.82, 2.24) is 0 Å². The highest BCUT2D eigenvalue weighted by atomic mass is 32.2. The van der Waals surface area contributed by atoms with Crippen LogP contribution in [0.15, 0.2) is 59.5 Å². The van der Waals surface area contributed by atoms with Crippen molar-refractivity contribution >= 4 is 15.7 Å². The quantitative estimate of drug-likeness (QED) is 0.923.